The number of carbonyl (C=O) groups is 2. The maximum Gasteiger partial charge on any atom is 0.414 e. The van der Waals surface area contributed by atoms with Crippen molar-refractivity contribution in [2.45, 2.75) is 50.5 Å². The van der Waals surface area contributed by atoms with Gasteiger partial charge in [-0.25, -0.2) is 9.59 Å². The van der Waals surface area contributed by atoms with E-state index in [2.05, 4.69) is 33.7 Å². The van der Waals surface area contributed by atoms with Gasteiger partial charge in [-0.05, 0) is 31.2 Å². The first-order valence-electron chi connectivity index (χ1n) is 8.75. The van der Waals surface area contributed by atoms with Crippen molar-refractivity contribution in [3.8, 4) is 0 Å². The second-order valence-corrected chi connectivity index (χ2v) is 7.66. The molecule has 0 fully saturated rings. The third kappa shape index (κ3) is 8.77. The molecule has 0 saturated heterocycles. The summed E-state index contributed by atoms with van der Waals surface area (Å²) < 4.78 is 9.00. The highest BCUT2D eigenvalue weighted by atomic mass is 32.2. The molecule has 0 unspecified atom stereocenters. The summed E-state index contributed by atoms with van der Waals surface area (Å²) in [7, 11) is 2.17. The molecule has 0 aliphatic carbocycles. The van der Waals surface area contributed by atoms with Gasteiger partial charge in [0.2, 0.25) is 0 Å². The number of carboxylic acid groups (broad SMARTS) is 2. The van der Waals surface area contributed by atoms with E-state index < -0.39 is 11.9 Å². The van der Waals surface area contributed by atoms with Gasteiger partial charge < -0.3 is 15.1 Å². The lowest BCUT2D eigenvalue weighted by Gasteiger charge is -2.22. The molecular weight excluding hydrogens is 374 g/mol. The predicted octanol–water partition coefficient (Wildman–Crippen LogP) is 3.48. The SMILES string of the molecule is CCCCCCCSc1nsnc1C1=CCCN(C)C1.O=C(O)C(=O)O. The Morgan fingerprint density at radius 3 is 2.50 bits per heavy atom. The molecule has 1 aromatic heterocycles. The first kappa shape index (κ1) is 22.6. The summed E-state index contributed by atoms with van der Waals surface area (Å²) in [5.41, 5.74) is 2.50. The first-order valence-corrected chi connectivity index (χ1v) is 10.5. The van der Waals surface area contributed by atoms with E-state index in [-0.39, 0.29) is 0 Å². The van der Waals surface area contributed by atoms with Crippen LogP contribution >= 0.6 is 23.5 Å². The van der Waals surface area contributed by atoms with Crippen molar-refractivity contribution < 1.29 is 19.8 Å². The number of unbranched alkanes of at least 4 members (excludes halogenated alkanes) is 4. The third-order valence-corrected chi connectivity index (χ3v) is 5.47. The molecule has 2 N–H and O–H groups in total. The summed E-state index contributed by atoms with van der Waals surface area (Å²) in [5, 5.41) is 15.9. The number of nitrogens with zero attached hydrogens (tertiary/aromatic N) is 3. The fourth-order valence-electron chi connectivity index (χ4n) is 2.41. The van der Waals surface area contributed by atoms with Crippen LogP contribution < -0.4 is 0 Å². The zero-order valence-electron chi connectivity index (χ0n) is 15.3. The van der Waals surface area contributed by atoms with E-state index in [1.165, 1.54) is 55.2 Å². The summed E-state index contributed by atoms with van der Waals surface area (Å²) in [5.74, 6) is -2.48. The maximum absolute atomic E-state index is 9.10. The Hall–Kier alpha value is -1.45. The highest BCUT2D eigenvalue weighted by Gasteiger charge is 2.17. The van der Waals surface area contributed by atoms with Gasteiger partial charge >= 0.3 is 11.9 Å². The topological polar surface area (TPSA) is 104 Å². The monoisotopic (exact) mass is 401 g/mol. The highest BCUT2D eigenvalue weighted by Crippen LogP contribution is 2.29. The van der Waals surface area contributed by atoms with Gasteiger partial charge in [0.25, 0.3) is 0 Å². The molecule has 1 aromatic rings. The molecule has 0 saturated carbocycles. The number of aromatic nitrogens is 2. The van der Waals surface area contributed by atoms with Gasteiger partial charge in [-0.3, -0.25) is 0 Å². The van der Waals surface area contributed by atoms with Crippen LogP contribution in [0.25, 0.3) is 5.57 Å². The normalized spacial score (nSPS) is 14.3. The Bertz CT molecular complexity index is 593. The van der Waals surface area contributed by atoms with Crippen molar-refractivity contribution >= 4 is 41.0 Å². The minimum atomic E-state index is -1.82. The van der Waals surface area contributed by atoms with Gasteiger partial charge in [0.15, 0.2) is 0 Å². The van der Waals surface area contributed by atoms with Crippen LogP contribution in [0.1, 0.15) is 51.1 Å². The van der Waals surface area contributed by atoms with Crippen LogP contribution in [0.4, 0.5) is 0 Å². The standard InChI is InChI=1S/C15H25N3S2.C2H2O4/c1-3-4-5-6-7-11-19-15-14(16-20-17-15)13-9-8-10-18(2)12-13;3-1(4)2(5)6/h9H,3-8,10-12H2,1-2H3;(H,3,4)(H,5,6). The summed E-state index contributed by atoms with van der Waals surface area (Å²) in [6.45, 7) is 4.42. The van der Waals surface area contributed by atoms with E-state index in [1.807, 2.05) is 11.8 Å². The van der Waals surface area contributed by atoms with Crippen LogP contribution in [-0.4, -0.2) is 61.7 Å². The number of hydrogen-bond donors (Lipinski definition) is 2. The lowest BCUT2D eigenvalue weighted by molar-refractivity contribution is -0.159. The number of carboxylic acids is 2. The quantitative estimate of drug-likeness (QED) is 0.388. The molecule has 0 amide bonds. The first-order chi connectivity index (χ1) is 12.5. The molecule has 1 aliphatic rings. The van der Waals surface area contributed by atoms with Gasteiger partial charge in [-0.1, -0.05) is 38.7 Å². The Labute approximate surface area is 162 Å². The second-order valence-electron chi connectivity index (χ2n) is 6.05. The fourth-order valence-corrected chi connectivity index (χ4v) is 4.12. The maximum atomic E-state index is 9.10. The zero-order chi connectivity index (χ0) is 19.4. The lowest BCUT2D eigenvalue weighted by atomic mass is 10.1. The van der Waals surface area contributed by atoms with Crippen LogP contribution in [0.5, 0.6) is 0 Å². The molecular formula is C17H27N3O4S2. The van der Waals surface area contributed by atoms with Crippen molar-refractivity contribution in [1.82, 2.24) is 13.6 Å². The largest absolute Gasteiger partial charge is 0.473 e. The van der Waals surface area contributed by atoms with Crippen LogP contribution in [0.15, 0.2) is 11.1 Å². The molecule has 146 valence electrons. The Morgan fingerprint density at radius 1 is 1.19 bits per heavy atom. The van der Waals surface area contributed by atoms with E-state index in [4.69, 9.17) is 19.8 Å². The van der Waals surface area contributed by atoms with Crippen molar-refractivity contribution in [2.24, 2.45) is 0 Å². The van der Waals surface area contributed by atoms with E-state index in [0.717, 1.165) is 30.2 Å². The van der Waals surface area contributed by atoms with E-state index in [0.29, 0.717) is 0 Å². The summed E-state index contributed by atoms with van der Waals surface area (Å²) >= 11 is 3.24. The van der Waals surface area contributed by atoms with E-state index in [1.54, 1.807) is 0 Å². The van der Waals surface area contributed by atoms with E-state index >= 15 is 0 Å². The van der Waals surface area contributed by atoms with Gasteiger partial charge in [0.05, 0.1) is 11.7 Å². The summed E-state index contributed by atoms with van der Waals surface area (Å²) in [4.78, 5) is 20.6. The summed E-state index contributed by atoms with van der Waals surface area (Å²) in [6.07, 6.45) is 10.2. The van der Waals surface area contributed by atoms with Gasteiger partial charge in [-0.2, -0.15) is 8.75 Å². The third-order valence-electron chi connectivity index (χ3n) is 3.77. The molecule has 9 heteroatoms. The van der Waals surface area contributed by atoms with Crippen molar-refractivity contribution in [1.29, 1.82) is 0 Å². The molecule has 0 atom stereocenters. The Morgan fingerprint density at radius 2 is 1.88 bits per heavy atom. The number of aliphatic carboxylic acids is 2. The van der Waals surface area contributed by atoms with Gasteiger partial charge in [0, 0.05) is 13.1 Å². The summed E-state index contributed by atoms with van der Waals surface area (Å²) in [6, 6.07) is 0. The molecule has 0 bridgehead atoms. The number of hydrogen-bond acceptors (Lipinski definition) is 7. The second kappa shape index (κ2) is 12.8. The molecule has 1 aliphatic heterocycles. The minimum absolute atomic E-state index is 1.01. The van der Waals surface area contributed by atoms with Crippen LogP contribution in [-0.2, 0) is 9.59 Å². The Balaban J connectivity index is 0.000000487. The van der Waals surface area contributed by atoms with Crippen LogP contribution in [0, 0.1) is 0 Å². The fraction of sp³-hybridized carbons (Fsp3) is 0.647. The molecule has 2 heterocycles. The average molecular weight is 402 g/mol. The van der Waals surface area contributed by atoms with Crippen LogP contribution in [0.3, 0.4) is 0 Å². The molecule has 0 spiro atoms. The van der Waals surface area contributed by atoms with Crippen LogP contribution in [0.2, 0.25) is 0 Å². The molecule has 0 aromatic carbocycles. The Kier molecular flexibility index (Phi) is 11.1. The molecule has 2 rings (SSSR count). The lowest BCUT2D eigenvalue weighted by Crippen LogP contribution is -2.25. The van der Waals surface area contributed by atoms with Crippen molar-refractivity contribution in [3.05, 3.63) is 11.8 Å². The molecule has 26 heavy (non-hydrogen) atoms. The predicted molar refractivity (Wildman–Crippen MR) is 105 cm³/mol. The molecule has 0 radical (unpaired) electrons. The van der Waals surface area contributed by atoms with Crippen molar-refractivity contribution in [2.75, 3.05) is 25.9 Å². The van der Waals surface area contributed by atoms with Gasteiger partial charge in [0.1, 0.15) is 10.7 Å². The molecule has 7 nitrogen and oxygen atoms in total. The smallest absolute Gasteiger partial charge is 0.414 e. The minimum Gasteiger partial charge on any atom is -0.473 e. The number of rotatable bonds is 8. The average Bonchev–Trinajstić information content (AvgIpc) is 3.07. The van der Waals surface area contributed by atoms with E-state index in [9.17, 15) is 0 Å². The number of likely N-dealkylation sites (N-methyl/N-ethyl adjacent to an activating group) is 1. The van der Waals surface area contributed by atoms with Gasteiger partial charge in [-0.15, -0.1) is 11.8 Å². The highest BCUT2D eigenvalue weighted by molar-refractivity contribution is 7.99. The number of thioether (sulfide) groups is 1. The zero-order valence-corrected chi connectivity index (χ0v) is 16.9. The van der Waals surface area contributed by atoms with Crippen molar-refractivity contribution in [3.63, 3.8) is 0 Å².